The molecular formula is C8H16O3S. The largest absolute Gasteiger partial charge is 0.285 e. The average molecular weight is 192 g/mol. The second kappa shape index (κ2) is 3.00. The topological polar surface area (TPSA) is 54.4 Å². The van der Waals surface area contributed by atoms with Gasteiger partial charge in [0.1, 0.15) is 0 Å². The zero-order valence-corrected chi connectivity index (χ0v) is 8.39. The fourth-order valence-corrected chi connectivity index (χ4v) is 2.50. The van der Waals surface area contributed by atoms with Gasteiger partial charge >= 0.3 is 0 Å². The van der Waals surface area contributed by atoms with Crippen molar-refractivity contribution in [2.45, 2.75) is 44.8 Å². The van der Waals surface area contributed by atoms with Crippen LogP contribution in [0.25, 0.3) is 0 Å². The maximum atomic E-state index is 10.8. The number of rotatable bonds is 1. The van der Waals surface area contributed by atoms with E-state index in [-0.39, 0.29) is 5.41 Å². The highest BCUT2D eigenvalue weighted by Crippen LogP contribution is 2.37. The Bertz CT molecular complexity index is 243. The van der Waals surface area contributed by atoms with Crippen molar-refractivity contribution < 1.29 is 13.0 Å². The van der Waals surface area contributed by atoms with E-state index in [0.717, 1.165) is 12.8 Å². The highest BCUT2D eigenvalue weighted by molar-refractivity contribution is 7.86. The van der Waals surface area contributed by atoms with E-state index in [9.17, 15) is 8.42 Å². The van der Waals surface area contributed by atoms with Crippen LogP contribution in [-0.2, 0) is 10.1 Å². The van der Waals surface area contributed by atoms with Gasteiger partial charge in [-0.15, -0.1) is 0 Å². The van der Waals surface area contributed by atoms with Crippen LogP contribution >= 0.6 is 0 Å². The summed E-state index contributed by atoms with van der Waals surface area (Å²) in [6, 6.07) is 0. The molecule has 12 heavy (non-hydrogen) atoms. The van der Waals surface area contributed by atoms with Gasteiger partial charge in [0.2, 0.25) is 0 Å². The Morgan fingerprint density at radius 3 is 2.00 bits per heavy atom. The molecule has 0 amide bonds. The molecule has 3 nitrogen and oxygen atoms in total. The Morgan fingerprint density at radius 2 is 1.67 bits per heavy atom. The minimum absolute atomic E-state index is 0.251. The Kier molecular flexibility index (Phi) is 2.50. The van der Waals surface area contributed by atoms with Gasteiger partial charge < -0.3 is 0 Å². The number of hydrogen-bond donors (Lipinski definition) is 1. The predicted molar refractivity (Wildman–Crippen MR) is 47.6 cm³/mol. The first-order valence-corrected chi connectivity index (χ1v) is 5.78. The summed E-state index contributed by atoms with van der Waals surface area (Å²) in [6.07, 6.45) is 2.98. The molecule has 1 rings (SSSR count). The van der Waals surface area contributed by atoms with Crippen molar-refractivity contribution in [3.8, 4) is 0 Å². The second-order valence-corrected chi connectivity index (χ2v) is 6.08. The fourth-order valence-electron chi connectivity index (χ4n) is 1.67. The SMILES string of the molecule is CC1(C)CCC(S(=O)(=O)O)CC1. The van der Waals surface area contributed by atoms with Crippen molar-refractivity contribution >= 4 is 10.1 Å². The summed E-state index contributed by atoms with van der Waals surface area (Å²) in [5.74, 6) is 0. The molecule has 4 heteroatoms. The van der Waals surface area contributed by atoms with Crippen molar-refractivity contribution in [3.63, 3.8) is 0 Å². The highest BCUT2D eigenvalue weighted by atomic mass is 32.2. The maximum Gasteiger partial charge on any atom is 0.267 e. The van der Waals surface area contributed by atoms with Crippen LogP contribution in [0.3, 0.4) is 0 Å². The third-order valence-corrected chi connectivity index (χ3v) is 4.02. The van der Waals surface area contributed by atoms with E-state index in [1.807, 2.05) is 0 Å². The Morgan fingerprint density at radius 1 is 1.25 bits per heavy atom. The van der Waals surface area contributed by atoms with Gasteiger partial charge in [-0.3, -0.25) is 4.55 Å². The smallest absolute Gasteiger partial charge is 0.267 e. The van der Waals surface area contributed by atoms with Crippen LogP contribution in [0.5, 0.6) is 0 Å². The summed E-state index contributed by atoms with van der Waals surface area (Å²) in [6.45, 7) is 4.26. The zero-order chi connectivity index (χ0) is 9.41. The van der Waals surface area contributed by atoms with Crippen LogP contribution in [0.4, 0.5) is 0 Å². The first-order chi connectivity index (χ1) is 5.31. The standard InChI is InChI=1S/C8H16O3S/c1-8(2)5-3-7(4-6-8)12(9,10)11/h7H,3-6H2,1-2H3,(H,9,10,11). The molecule has 0 unspecified atom stereocenters. The first kappa shape index (κ1) is 9.99. The van der Waals surface area contributed by atoms with E-state index < -0.39 is 15.4 Å². The molecule has 1 aliphatic rings. The Balaban J connectivity index is 2.59. The normalized spacial score (nSPS) is 25.6. The van der Waals surface area contributed by atoms with Crippen LogP contribution in [0.2, 0.25) is 0 Å². The minimum atomic E-state index is -3.78. The van der Waals surface area contributed by atoms with E-state index in [4.69, 9.17) is 4.55 Å². The van der Waals surface area contributed by atoms with Crippen LogP contribution in [0.1, 0.15) is 39.5 Å². The Labute approximate surface area is 73.9 Å². The minimum Gasteiger partial charge on any atom is -0.285 e. The van der Waals surface area contributed by atoms with Gasteiger partial charge in [0.15, 0.2) is 0 Å². The van der Waals surface area contributed by atoms with Crippen LogP contribution in [0, 0.1) is 5.41 Å². The lowest BCUT2D eigenvalue weighted by molar-refractivity contribution is 0.241. The second-order valence-electron chi connectivity index (χ2n) is 4.38. The molecule has 0 heterocycles. The van der Waals surface area contributed by atoms with Crippen molar-refractivity contribution in [1.29, 1.82) is 0 Å². The third kappa shape index (κ3) is 2.45. The predicted octanol–water partition coefficient (Wildman–Crippen LogP) is 1.84. The molecule has 0 spiro atoms. The molecule has 0 aliphatic heterocycles. The fraction of sp³-hybridized carbons (Fsp3) is 1.00. The monoisotopic (exact) mass is 192 g/mol. The van der Waals surface area contributed by atoms with Crippen molar-refractivity contribution in [2.75, 3.05) is 0 Å². The van der Waals surface area contributed by atoms with E-state index in [1.165, 1.54) is 0 Å². The van der Waals surface area contributed by atoms with Gasteiger partial charge in [0.25, 0.3) is 10.1 Å². The van der Waals surface area contributed by atoms with Crippen LogP contribution in [-0.4, -0.2) is 18.2 Å². The summed E-state index contributed by atoms with van der Waals surface area (Å²) in [5.41, 5.74) is 0.251. The summed E-state index contributed by atoms with van der Waals surface area (Å²) < 4.78 is 30.3. The summed E-state index contributed by atoms with van der Waals surface area (Å²) >= 11 is 0. The lowest BCUT2D eigenvalue weighted by Crippen LogP contribution is -2.30. The molecule has 1 aliphatic carbocycles. The lowest BCUT2D eigenvalue weighted by atomic mass is 9.77. The van der Waals surface area contributed by atoms with Crippen LogP contribution in [0.15, 0.2) is 0 Å². The van der Waals surface area contributed by atoms with Gasteiger partial charge in [-0.05, 0) is 31.1 Å². The Hall–Kier alpha value is -0.0900. The summed E-state index contributed by atoms with van der Waals surface area (Å²) in [5, 5.41) is -0.509. The van der Waals surface area contributed by atoms with E-state index in [2.05, 4.69) is 13.8 Å². The first-order valence-electron chi connectivity index (χ1n) is 4.28. The molecule has 0 atom stereocenters. The summed E-state index contributed by atoms with van der Waals surface area (Å²) in [7, 11) is -3.78. The summed E-state index contributed by atoms with van der Waals surface area (Å²) in [4.78, 5) is 0. The van der Waals surface area contributed by atoms with Crippen molar-refractivity contribution in [1.82, 2.24) is 0 Å². The van der Waals surface area contributed by atoms with Gasteiger partial charge in [0.05, 0.1) is 5.25 Å². The van der Waals surface area contributed by atoms with E-state index in [0.29, 0.717) is 12.8 Å². The average Bonchev–Trinajstić information content (AvgIpc) is 1.83. The van der Waals surface area contributed by atoms with Gasteiger partial charge in [-0.1, -0.05) is 13.8 Å². The molecule has 1 N–H and O–H groups in total. The lowest BCUT2D eigenvalue weighted by Gasteiger charge is -2.32. The van der Waals surface area contributed by atoms with Gasteiger partial charge in [-0.2, -0.15) is 8.42 Å². The molecule has 1 saturated carbocycles. The van der Waals surface area contributed by atoms with E-state index >= 15 is 0 Å². The molecule has 0 radical (unpaired) electrons. The molecule has 0 bridgehead atoms. The molecule has 72 valence electrons. The third-order valence-electron chi connectivity index (χ3n) is 2.71. The van der Waals surface area contributed by atoms with Crippen LogP contribution < -0.4 is 0 Å². The molecule has 0 aromatic carbocycles. The molecule has 0 aromatic heterocycles. The molecule has 0 aromatic rings. The van der Waals surface area contributed by atoms with Gasteiger partial charge in [-0.25, -0.2) is 0 Å². The molecule has 1 fully saturated rings. The zero-order valence-electron chi connectivity index (χ0n) is 7.58. The quantitative estimate of drug-likeness (QED) is 0.645. The maximum absolute atomic E-state index is 10.8. The molecule has 0 saturated heterocycles. The molecular weight excluding hydrogens is 176 g/mol. The highest BCUT2D eigenvalue weighted by Gasteiger charge is 2.32. The van der Waals surface area contributed by atoms with Crippen molar-refractivity contribution in [3.05, 3.63) is 0 Å². The number of hydrogen-bond acceptors (Lipinski definition) is 2. The van der Waals surface area contributed by atoms with Crippen molar-refractivity contribution in [2.24, 2.45) is 5.41 Å². The van der Waals surface area contributed by atoms with E-state index in [1.54, 1.807) is 0 Å². The van der Waals surface area contributed by atoms with Gasteiger partial charge in [0, 0.05) is 0 Å².